The molecule has 1 heterocycles. The molecule has 2 N–H and O–H groups in total. The number of carbonyl (C=O) groups is 1. The summed E-state index contributed by atoms with van der Waals surface area (Å²) in [5.74, 6) is 0.614. The fourth-order valence-electron chi connectivity index (χ4n) is 2.32. The van der Waals surface area contributed by atoms with E-state index in [1.165, 1.54) is 7.11 Å². The fourth-order valence-corrected chi connectivity index (χ4v) is 2.32. The highest BCUT2D eigenvalue weighted by atomic mass is 16.5. The van der Waals surface area contributed by atoms with E-state index in [0.29, 0.717) is 5.92 Å². The fraction of sp³-hybridized carbons (Fsp3) is 0.900. The van der Waals surface area contributed by atoms with Gasteiger partial charge in [-0.3, -0.25) is 0 Å². The topological polar surface area (TPSA) is 55.6 Å². The second-order valence-electron chi connectivity index (χ2n) is 4.46. The van der Waals surface area contributed by atoms with Crippen molar-refractivity contribution in [3.05, 3.63) is 0 Å². The first kappa shape index (κ1) is 9.77. The molecule has 0 aromatic heterocycles. The van der Waals surface area contributed by atoms with Crippen molar-refractivity contribution in [1.29, 1.82) is 0 Å². The van der Waals surface area contributed by atoms with E-state index in [4.69, 9.17) is 5.73 Å². The lowest BCUT2D eigenvalue weighted by atomic mass is 9.88. The lowest BCUT2D eigenvalue weighted by Gasteiger charge is -2.34. The first-order valence-electron chi connectivity index (χ1n) is 5.27. The van der Waals surface area contributed by atoms with Gasteiger partial charge < -0.3 is 15.4 Å². The number of nitrogens with zero attached hydrogens (tertiary/aromatic N) is 1. The van der Waals surface area contributed by atoms with E-state index < -0.39 is 0 Å². The molecule has 0 spiro atoms. The van der Waals surface area contributed by atoms with Crippen molar-refractivity contribution in [2.24, 2.45) is 11.7 Å². The normalized spacial score (nSPS) is 26.0. The van der Waals surface area contributed by atoms with E-state index >= 15 is 0 Å². The van der Waals surface area contributed by atoms with Crippen LogP contribution in [0.25, 0.3) is 0 Å². The molecule has 80 valence electrons. The summed E-state index contributed by atoms with van der Waals surface area (Å²) in [6, 6.07) is 0. The molecule has 2 rings (SSSR count). The van der Waals surface area contributed by atoms with E-state index in [1.54, 1.807) is 4.90 Å². The minimum Gasteiger partial charge on any atom is -0.453 e. The van der Waals surface area contributed by atoms with Crippen LogP contribution in [0.5, 0.6) is 0 Å². The molecule has 0 atom stereocenters. The Morgan fingerprint density at radius 1 is 1.43 bits per heavy atom. The minimum atomic E-state index is -0.203. The zero-order chi connectivity index (χ0) is 10.2. The van der Waals surface area contributed by atoms with Crippen molar-refractivity contribution in [2.45, 2.75) is 31.2 Å². The van der Waals surface area contributed by atoms with Crippen molar-refractivity contribution in [1.82, 2.24) is 4.90 Å². The van der Waals surface area contributed by atoms with Crippen LogP contribution in [-0.4, -0.2) is 36.7 Å². The number of piperidine rings is 1. The van der Waals surface area contributed by atoms with Gasteiger partial charge in [-0.05, 0) is 31.6 Å². The van der Waals surface area contributed by atoms with Gasteiger partial charge in [0.25, 0.3) is 0 Å². The molecule has 4 heteroatoms. The summed E-state index contributed by atoms with van der Waals surface area (Å²) in [6.07, 6.45) is 4.19. The van der Waals surface area contributed by atoms with Crippen molar-refractivity contribution in [2.75, 3.05) is 20.2 Å². The predicted octanol–water partition coefficient (Wildman–Crippen LogP) is 0.956. The van der Waals surface area contributed by atoms with E-state index in [2.05, 4.69) is 4.74 Å². The number of methoxy groups -OCH3 is 1. The Hall–Kier alpha value is -0.770. The summed E-state index contributed by atoms with van der Waals surface area (Å²) in [6.45, 7) is 1.60. The molecule has 0 aromatic carbocycles. The van der Waals surface area contributed by atoms with Gasteiger partial charge in [-0.15, -0.1) is 0 Å². The van der Waals surface area contributed by atoms with Crippen molar-refractivity contribution >= 4 is 6.09 Å². The van der Waals surface area contributed by atoms with Crippen molar-refractivity contribution in [3.8, 4) is 0 Å². The van der Waals surface area contributed by atoms with Crippen LogP contribution in [0.4, 0.5) is 4.79 Å². The number of amides is 1. The van der Waals surface area contributed by atoms with E-state index in [1.807, 2.05) is 0 Å². The van der Waals surface area contributed by atoms with Gasteiger partial charge in [0.1, 0.15) is 0 Å². The van der Waals surface area contributed by atoms with Gasteiger partial charge >= 0.3 is 6.09 Å². The molecule has 0 radical (unpaired) electrons. The number of carbonyl (C=O) groups excluding carboxylic acids is 1. The highest BCUT2D eigenvalue weighted by Gasteiger charge is 2.46. The predicted molar refractivity (Wildman–Crippen MR) is 52.9 cm³/mol. The minimum absolute atomic E-state index is 0.113. The number of nitrogens with two attached hydrogens (primary N) is 1. The van der Waals surface area contributed by atoms with Gasteiger partial charge in [-0.25, -0.2) is 4.79 Å². The molecular formula is C10H18N2O2. The molecule has 0 aromatic rings. The highest BCUT2D eigenvalue weighted by molar-refractivity contribution is 5.67. The molecule has 1 saturated carbocycles. The third-order valence-corrected chi connectivity index (χ3v) is 3.57. The van der Waals surface area contributed by atoms with Crippen LogP contribution in [0.15, 0.2) is 0 Å². The molecule has 1 aliphatic heterocycles. The molecular weight excluding hydrogens is 180 g/mol. The van der Waals surface area contributed by atoms with Gasteiger partial charge in [0.15, 0.2) is 0 Å². The Morgan fingerprint density at radius 3 is 2.43 bits per heavy atom. The molecule has 14 heavy (non-hydrogen) atoms. The van der Waals surface area contributed by atoms with E-state index in [9.17, 15) is 4.79 Å². The van der Waals surface area contributed by atoms with Gasteiger partial charge in [-0.2, -0.15) is 0 Å². The summed E-state index contributed by atoms with van der Waals surface area (Å²) >= 11 is 0. The number of ether oxygens (including phenoxy) is 1. The quantitative estimate of drug-likeness (QED) is 0.682. The second-order valence-corrected chi connectivity index (χ2v) is 4.46. The third kappa shape index (κ3) is 1.71. The standard InChI is InChI=1S/C10H18N2O2/c1-14-9(13)12-6-2-8(3-7-12)10(11)4-5-10/h8H,2-7,11H2,1H3. The summed E-state index contributed by atoms with van der Waals surface area (Å²) in [7, 11) is 1.43. The lowest BCUT2D eigenvalue weighted by molar-refractivity contribution is 0.101. The van der Waals surface area contributed by atoms with E-state index in [0.717, 1.165) is 38.8 Å². The van der Waals surface area contributed by atoms with Crippen molar-refractivity contribution in [3.63, 3.8) is 0 Å². The molecule has 0 bridgehead atoms. The number of likely N-dealkylation sites (tertiary alicyclic amines) is 1. The summed E-state index contributed by atoms with van der Waals surface area (Å²) < 4.78 is 4.68. The molecule has 0 unspecified atom stereocenters. The largest absolute Gasteiger partial charge is 0.453 e. The van der Waals surface area contributed by atoms with Gasteiger partial charge in [0.2, 0.25) is 0 Å². The van der Waals surface area contributed by atoms with Crippen LogP contribution in [0.2, 0.25) is 0 Å². The summed E-state index contributed by atoms with van der Waals surface area (Å²) in [5, 5.41) is 0. The Labute approximate surface area is 84.4 Å². The first-order chi connectivity index (χ1) is 6.65. The Bertz CT molecular complexity index is 230. The molecule has 1 amide bonds. The van der Waals surface area contributed by atoms with Gasteiger partial charge in [-0.1, -0.05) is 0 Å². The maximum Gasteiger partial charge on any atom is 0.409 e. The van der Waals surface area contributed by atoms with E-state index in [-0.39, 0.29) is 11.6 Å². The monoisotopic (exact) mass is 198 g/mol. The van der Waals surface area contributed by atoms with Crippen LogP contribution in [0.1, 0.15) is 25.7 Å². The van der Waals surface area contributed by atoms with Crippen LogP contribution in [-0.2, 0) is 4.74 Å². The molecule has 1 saturated heterocycles. The van der Waals surface area contributed by atoms with Crippen LogP contribution < -0.4 is 5.73 Å². The average Bonchev–Trinajstić information content (AvgIpc) is 2.97. The maximum atomic E-state index is 11.2. The van der Waals surface area contributed by atoms with Gasteiger partial charge in [0.05, 0.1) is 7.11 Å². The number of rotatable bonds is 1. The Balaban J connectivity index is 1.83. The molecule has 1 aliphatic carbocycles. The highest BCUT2D eigenvalue weighted by Crippen LogP contribution is 2.44. The third-order valence-electron chi connectivity index (χ3n) is 3.57. The summed E-state index contributed by atoms with van der Waals surface area (Å²) in [4.78, 5) is 13.0. The van der Waals surface area contributed by atoms with Crippen LogP contribution >= 0.6 is 0 Å². The number of hydrogen-bond acceptors (Lipinski definition) is 3. The zero-order valence-electron chi connectivity index (χ0n) is 8.66. The lowest BCUT2D eigenvalue weighted by Crippen LogP contribution is -2.44. The zero-order valence-corrected chi connectivity index (χ0v) is 8.66. The Kier molecular flexibility index (Phi) is 2.39. The van der Waals surface area contributed by atoms with Gasteiger partial charge in [0, 0.05) is 18.6 Å². The van der Waals surface area contributed by atoms with Crippen LogP contribution in [0.3, 0.4) is 0 Å². The maximum absolute atomic E-state index is 11.2. The molecule has 2 fully saturated rings. The smallest absolute Gasteiger partial charge is 0.409 e. The first-order valence-corrected chi connectivity index (χ1v) is 5.27. The summed E-state index contributed by atoms with van der Waals surface area (Å²) in [5.41, 5.74) is 6.25. The second kappa shape index (κ2) is 3.42. The molecule has 2 aliphatic rings. The average molecular weight is 198 g/mol. The number of hydrogen-bond donors (Lipinski definition) is 1. The van der Waals surface area contributed by atoms with Crippen molar-refractivity contribution < 1.29 is 9.53 Å². The SMILES string of the molecule is COC(=O)N1CCC(C2(N)CC2)CC1. The molecule has 4 nitrogen and oxygen atoms in total. The Morgan fingerprint density at radius 2 is 2.00 bits per heavy atom. The van der Waals surface area contributed by atoms with Crippen LogP contribution in [0, 0.1) is 5.92 Å².